The van der Waals surface area contributed by atoms with E-state index in [2.05, 4.69) is 6.58 Å². The van der Waals surface area contributed by atoms with Crippen molar-refractivity contribution in [2.24, 2.45) is 5.92 Å². The number of rotatable bonds is 6. The molecule has 1 aromatic carbocycles. The topological polar surface area (TPSA) is 132 Å². The summed E-state index contributed by atoms with van der Waals surface area (Å²) in [7, 11) is 0. The lowest BCUT2D eigenvalue weighted by Crippen LogP contribution is -2.33. The number of benzene rings is 1. The van der Waals surface area contributed by atoms with E-state index in [9.17, 15) is 19.5 Å². The Labute approximate surface area is 126 Å². The summed E-state index contributed by atoms with van der Waals surface area (Å²) in [5.41, 5.74) is 0.733. The second-order valence-corrected chi connectivity index (χ2v) is 3.96. The predicted octanol–water partition coefficient (Wildman–Crippen LogP) is 1.10. The molecule has 1 rings (SSSR count). The van der Waals surface area contributed by atoms with Crippen LogP contribution >= 0.6 is 0 Å². The highest BCUT2D eigenvalue weighted by Crippen LogP contribution is 2.10. The summed E-state index contributed by atoms with van der Waals surface area (Å²) in [5, 5.41) is 34.2. The maximum atomic E-state index is 10.8. The lowest BCUT2D eigenvalue weighted by Gasteiger charge is -2.10. The first-order valence-corrected chi connectivity index (χ1v) is 6.02. The Morgan fingerprint density at radius 3 is 1.86 bits per heavy atom. The highest BCUT2D eigenvalue weighted by molar-refractivity contribution is 5.83. The molecule has 1 aromatic rings. The summed E-state index contributed by atoms with van der Waals surface area (Å²) in [6.07, 6.45) is 1.51. The average molecular weight is 308 g/mol. The molecular weight excluding hydrogens is 292 g/mol. The average Bonchev–Trinajstić information content (AvgIpc) is 2.48. The molecule has 0 amide bonds. The Balaban J connectivity index is 0.000000763. The van der Waals surface area contributed by atoms with Crippen LogP contribution in [0.5, 0.6) is 0 Å². The van der Waals surface area contributed by atoms with E-state index < -0.39 is 29.9 Å². The van der Waals surface area contributed by atoms with Gasteiger partial charge in [0.25, 0.3) is 0 Å². The molecule has 0 spiro atoms. The van der Waals surface area contributed by atoms with E-state index in [4.69, 9.17) is 15.3 Å². The van der Waals surface area contributed by atoms with Crippen LogP contribution in [0.2, 0.25) is 0 Å². The van der Waals surface area contributed by atoms with E-state index in [0.717, 1.165) is 17.7 Å². The van der Waals surface area contributed by atoms with Gasteiger partial charge in [-0.1, -0.05) is 49.1 Å². The van der Waals surface area contributed by atoms with E-state index in [-0.39, 0.29) is 0 Å². The van der Waals surface area contributed by atoms with Crippen molar-refractivity contribution in [2.75, 3.05) is 0 Å². The van der Waals surface area contributed by atoms with E-state index in [0.29, 0.717) is 0 Å². The van der Waals surface area contributed by atoms with Crippen LogP contribution in [0.1, 0.15) is 5.56 Å². The Bertz CT molecular complexity index is 548. The molecule has 2 atom stereocenters. The number of aliphatic hydroxyl groups excluding tert-OH is 1. The molecule has 7 nitrogen and oxygen atoms in total. The van der Waals surface area contributed by atoms with E-state index in [1.807, 2.05) is 0 Å². The minimum absolute atomic E-state index is 0.733. The van der Waals surface area contributed by atoms with Crippen LogP contribution in [-0.4, -0.2) is 44.4 Å². The molecule has 0 saturated heterocycles. The van der Waals surface area contributed by atoms with Crippen LogP contribution in [0.15, 0.2) is 49.1 Å². The van der Waals surface area contributed by atoms with E-state index in [1.165, 1.54) is 6.08 Å². The van der Waals surface area contributed by atoms with Gasteiger partial charge in [-0.25, -0.2) is 9.59 Å². The zero-order valence-corrected chi connectivity index (χ0v) is 11.5. The fraction of sp³-hybridized carbons (Fsp3) is 0.133. The first-order valence-electron chi connectivity index (χ1n) is 6.02. The van der Waals surface area contributed by atoms with Crippen LogP contribution in [-0.2, 0) is 14.4 Å². The third kappa shape index (κ3) is 7.61. The third-order valence-corrected chi connectivity index (χ3v) is 2.35. The minimum atomic E-state index is -1.95. The fourth-order valence-corrected chi connectivity index (χ4v) is 1.26. The van der Waals surface area contributed by atoms with Crippen LogP contribution in [0, 0.1) is 5.92 Å². The van der Waals surface area contributed by atoms with Gasteiger partial charge in [0.05, 0.1) is 0 Å². The summed E-state index contributed by atoms with van der Waals surface area (Å²) in [5.74, 6) is -5.39. The summed E-state index contributed by atoms with van der Waals surface area (Å²) < 4.78 is 0. The summed E-state index contributed by atoms with van der Waals surface area (Å²) in [6, 6.07) is 8.81. The largest absolute Gasteiger partial charge is 0.481 e. The third-order valence-electron chi connectivity index (χ3n) is 2.35. The minimum Gasteiger partial charge on any atom is -0.481 e. The lowest BCUT2D eigenvalue weighted by atomic mass is 10.0. The smallest absolute Gasteiger partial charge is 0.333 e. The zero-order valence-electron chi connectivity index (χ0n) is 11.5. The maximum absolute atomic E-state index is 10.8. The van der Waals surface area contributed by atoms with Gasteiger partial charge in [-0.05, 0) is 5.56 Å². The van der Waals surface area contributed by atoms with Crippen molar-refractivity contribution in [1.29, 1.82) is 0 Å². The number of aliphatic hydroxyl groups is 1. The molecule has 4 N–H and O–H groups in total. The summed E-state index contributed by atoms with van der Waals surface area (Å²) in [6.45, 7) is 2.96. The standard InChI is InChI=1S/C12H12O5.C3H4O2/c13-10(12(16)17)9(11(14)15)7-6-8-4-2-1-3-5-8;1-2-3(4)5/h1-7,9-10,13H,(H,14,15)(H,16,17);2H,1H2,(H,4,5). The molecule has 0 aliphatic rings. The van der Waals surface area contributed by atoms with Crippen LogP contribution in [0.25, 0.3) is 6.08 Å². The first-order chi connectivity index (χ1) is 10.3. The second-order valence-electron chi connectivity index (χ2n) is 3.96. The van der Waals surface area contributed by atoms with E-state index in [1.54, 1.807) is 30.3 Å². The molecule has 22 heavy (non-hydrogen) atoms. The molecule has 2 unspecified atom stereocenters. The normalized spacial score (nSPS) is 12.6. The number of carbonyl (C=O) groups is 3. The molecule has 0 aromatic heterocycles. The molecule has 0 saturated carbocycles. The molecule has 0 heterocycles. The van der Waals surface area contributed by atoms with Gasteiger partial charge in [-0.2, -0.15) is 0 Å². The monoisotopic (exact) mass is 308 g/mol. The van der Waals surface area contributed by atoms with Gasteiger partial charge in [0.1, 0.15) is 5.92 Å². The Morgan fingerprint density at radius 1 is 1.00 bits per heavy atom. The van der Waals surface area contributed by atoms with Gasteiger partial charge >= 0.3 is 17.9 Å². The fourth-order valence-electron chi connectivity index (χ4n) is 1.26. The van der Waals surface area contributed by atoms with Gasteiger partial charge in [0, 0.05) is 6.08 Å². The van der Waals surface area contributed by atoms with Gasteiger partial charge < -0.3 is 20.4 Å². The van der Waals surface area contributed by atoms with E-state index >= 15 is 0 Å². The molecule has 118 valence electrons. The van der Waals surface area contributed by atoms with Crippen molar-refractivity contribution in [1.82, 2.24) is 0 Å². The Morgan fingerprint density at radius 2 is 1.50 bits per heavy atom. The van der Waals surface area contributed by atoms with Crippen molar-refractivity contribution < 1.29 is 34.8 Å². The molecule has 0 radical (unpaired) electrons. The van der Waals surface area contributed by atoms with Crippen molar-refractivity contribution in [2.45, 2.75) is 6.10 Å². The van der Waals surface area contributed by atoms with Crippen LogP contribution in [0.3, 0.4) is 0 Å². The van der Waals surface area contributed by atoms with Gasteiger partial charge in [0.2, 0.25) is 0 Å². The first kappa shape index (κ1) is 19.1. The van der Waals surface area contributed by atoms with Gasteiger partial charge in [-0.3, -0.25) is 4.79 Å². The zero-order chi connectivity index (χ0) is 17.1. The van der Waals surface area contributed by atoms with Gasteiger partial charge in [0.15, 0.2) is 6.10 Å². The molecule has 7 heteroatoms. The summed E-state index contributed by atoms with van der Waals surface area (Å²) in [4.78, 5) is 30.6. The molecule has 0 fully saturated rings. The van der Waals surface area contributed by atoms with Crippen molar-refractivity contribution in [3.8, 4) is 0 Å². The lowest BCUT2D eigenvalue weighted by molar-refractivity contribution is -0.157. The van der Waals surface area contributed by atoms with Crippen LogP contribution in [0.4, 0.5) is 0 Å². The number of hydrogen-bond acceptors (Lipinski definition) is 4. The molecule has 0 aliphatic carbocycles. The van der Waals surface area contributed by atoms with Crippen molar-refractivity contribution in [3.05, 3.63) is 54.6 Å². The maximum Gasteiger partial charge on any atom is 0.333 e. The highest BCUT2D eigenvalue weighted by Gasteiger charge is 2.29. The molecular formula is C15H16O7. The molecule has 0 aliphatic heterocycles. The van der Waals surface area contributed by atoms with Gasteiger partial charge in [-0.15, -0.1) is 0 Å². The summed E-state index contributed by atoms with van der Waals surface area (Å²) >= 11 is 0. The van der Waals surface area contributed by atoms with Crippen molar-refractivity contribution >= 4 is 24.0 Å². The van der Waals surface area contributed by atoms with Crippen LogP contribution < -0.4 is 0 Å². The number of carboxylic acids is 3. The Kier molecular flexibility index (Phi) is 8.58. The number of aliphatic carboxylic acids is 3. The van der Waals surface area contributed by atoms with Crippen molar-refractivity contribution in [3.63, 3.8) is 0 Å². The predicted molar refractivity (Wildman–Crippen MR) is 78.1 cm³/mol. The molecule has 0 bridgehead atoms. The quantitative estimate of drug-likeness (QED) is 0.578. The second kappa shape index (κ2) is 9.89. The SMILES string of the molecule is C=CC(=O)O.O=C(O)C(O)C(C=Cc1ccccc1)C(=O)O. The Hall–Kier alpha value is -2.93. The number of carboxylic acid groups (broad SMARTS) is 3. The number of hydrogen-bond donors (Lipinski definition) is 4. The highest BCUT2D eigenvalue weighted by atomic mass is 16.4.